The third-order valence-corrected chi connectivity index (χ3v) is 4.11. The number of hydrogen-bond acceptors (Lipinski definition) is 3. The molecule has 3 unspecified atom stereocenters. The smallest absolute Gasteiger partial charge is 0.0850 e. The van der Waals surface area contributed by atoms with Crippen LogP contribution in [-0.2, 0) is 24.6 Å². The summed E-state index contributed by atoms with van der Waals surface area (Å²) in [5, 5.41) is 5.18. The van der Waals surface area contributed by atoms with Crippen LogP contribution in [0.25, 0.3) is 0 Å². The number of nitrogens with two attached hydrogens (primary N) is 1. The molecule has 5 heteroatoms. The van der Waals surface area contributed by atoms with Crippen molar-refractivity contribution in [3.05, 3.63) is 16.4 Å². The fourth-order valence-corrected chi connectivity index (χ4v) is 2.92. The number of ether oxygens (including phenoxy) is 1. The molecule has 0 aromatic carbocycles. The zero-order valence-corrected chi connectivity index (χ0v) is 12.1. The number of aromatic nitrogens is 2. The lowest BCUT2D eigenvalue weighted by atomic mass is 10.0. The molecule has 0 aliphatic carbocycles. The highest BCUT2D eigenvalue weighted by atomic mass is 35.5. The Morgan fingerprint density at radius 1 is 1.56 bits per heavy atom. The normalized spacial score (nSPS) is 25.6. The van der Waals surface area contributed by atoms with Crippen LogP contribution in [0, 0.1) is 0 Å². The van der Waals surface area contributed by atoms with Gasteiger partial charge in [0.25, 0.3) is 0 Å². The van der Waals surface area contributed by atoms with Crippen molar-refractivity contribution in [3.8, 4) is 0 Å². The molecule has 0 radical (unpaired) electrons. The van der Waals surface area contributed by atoms with Crippen LogP contribution in [0.2, 0.25) is 5.02 Å². The molecule has 1 aliphatic rings. The maximum absolute atomic E-state index is 6.33. The standard InChI is InChI=1S/C13H22ClN3O/c1-4-10-13(14)11(17(3)16-10)7-9(15)12-6-5-8(2)18-12/h8-9,12H,4-7,15H2,1-3H3. The first-order valence-corrected chi connectivity index (χ1v) is 7.02. The van der Waals surface area contributed by atoms with Crippen LogP contribution < -0.4 is 5.73 Å². The van der Waals surface area contributed by atoms with Crippen LogP contribution in [0.4, 0.5) is 0 Å². The van der Waals surface area contributed by atoms with Crippen LogP contribution in [-0.4, -0.2) is 28.0 Å². The molecule has 2 rings (SSSR count). The van der Waals surface area contributed by atoms with Crippen molar-refractivity contribution >= 4 is 11.6 Å². The molecule has 0 spiro atoms. The van der Waals surface area contributed by atoms with Gasteiger partial charge in [-0.25, -0.2) is 0 Å². The lowest BCUT2D eigenvalue weighted by Crippen LogP contribution is -2.37. The Hall–Kier alpha value is -0.580. The topological polar surface area (TPSA) is 53.1 Å². The largest absolute Gasteiger partial charge is 0.374 e. The molecule has 3 atom stereocenters. The average Bonchev–Trinajstić information content (AvgIpc) is 2.87. The minimum Gasteiger partial charge on any atom is -0.374 e. The molecule has 102 valence electrons. The third kappa shape index (κ3) is 2.71. The molecule has 2 heterocycles. The molecule has 1 fully saturated rings. The SMILES string of the molecule is CCc1nn(C)c(CC(N)C2CCC(C)O2)c1Cl. The van der Waals surface area contributed by atoms with E-state index in [-0.39, 0.29) is 12.1 Å². The summed E-state index contributed by atoms with van der Waals surface area (Å²) in [6, 6.07) is -0.00689. The fraction of sp³-hybridized carbons (Fsp3) is 0.769. The van der Waals surface area contributed by atoms with E-state index in [4.69, 9.17) is 22.1 Å². The van der Waals surface area contributed by atoms with Gasteiger partial charge < -0.3 is 10.5 Å². The Labute approximate surface area is 113 Å². The third-order valence-electron chi connectivity index (χ3n) is 3.67. The van der Waals surface area contributed by atoms with Gasteiger partial charge in [0.2, 0.25) is 0 Å². The van der Waals surface area contributed by atoms with Crippen molar-refractivity contribution in [2.45, 2.75) is 57.8 Å². The summed E-state index contributed by atoms with van der Waals surface area (Å²) in [5.41, 5.74) is 8.20. The number of nitrogens with zero attached hydrogens (tertiary/aromatic N) is 2. The molecule has 1 saturated heterocycles. The predicted octanol–water partition coefficient (Wildman–Crippen LogP) is 2.07. The number of aryl methyl sites for hydroxylation is 2. The van der Waals surface area contributed by atoms with Crippen molar-refractivity contribution in [3.63, 3.8) is 0 Å². The Bertz CT molecular complexity index is 419. The Kier molecular flexibility index (Phi) is 4.30. The van der Waals surface area contributed by atoms with Crippen molar-refractivity contribution in [1.82, 2.24) is 9.78 Å². The lowest BCUT2D eigenvalue weighted by Gasteiger charge is -2.19. The monoisotopic (exact) mass is 271 g/mol. The van der Waals surface area contributed by atoms with E-state index in [1.165, 1.54) is 0 Å². The molecule has 1 aromatic heterocycles. The molecule has 2 N–H and O–H groups in total. The first kappa shape index (κ1) is 13.8. The van der Waals surface area contributed by atoms with Gasteiger partial charge in [-0.1, -0.05) is 18.5 Å². The summed E-state index contributed by atoms with van der Waals surface area (Å²) in [5.74, 6) is 0. The van der Waals surface area contributed by atoms with E-state index in [1.807, 2.05) is 11.7 Å². The second-order valence-electron chi connectivity index (χ2n) is 5.12. The molecule has 1 aromatic rings. The van der Waals surface area contributed by atoms with Crippen molar-refractivity contribution in [2.75, 3.05) is 0 Å². The Morgan fingerprint density at radius 2 is 2.28 bits per heavy atom. The Balaban J connectivity index is 2.07. The zero-order chi connectivity index (χ0) is 13.3. The molecule has 18 heavy (non-hydrogen) atoms. The molecule has 4 nitrogen and oxygen atoms in total. The highest BCUT2D eigenvalue weighted by molar-refractivity contribution is 6.31. The highest BCUT2D eigenvalue weighted by Gasteiger charge is 2.28. The molecular formula is C13H22ClN3O. The minimum absolute atomic E-state index is 0.00689. The quantitative estimate of drug-likeness (QED) is 0.912. The van der Waals surface area contributed by atoms with Crippen LogP contribution in [0.5, 0.6) is 0 Å². The van der Waals surface area contributed by atoms with Crippen LogP contribution in [0.1, 0.15) is 38.1 Å². The predicted molar refractivity (Wildman–Crippen MR) is 72.8 cm³/mol. The van der Waals surface area contributed by atoms with E-state index in [0.29, 0.717) is 6.10 Å². The summed E-state index contributed by atoms with van der Waals surface area (Å²) < 4.78 is 7.66. The molecule has 0 bridgehead atoms. The molecule has 1 aliphatic heterocycles. The summed E-state index contributed by atoms with van der Waals surface area (Å²) in [7, 11) is 1.92. The van der Waals surface area contributed by atoms with Crippen LogP contribution in [0.15, 0.2) is 0 Å². The van der Waals surface area contributed by atoms with Crippen LogP contribution in [0.3, 0.4) is 0 Å². The Morgan fingerprint density at radius 3 is 2.78 bits per heavy atom. The van der Waals surface area contributed by atoms with Gasteiger partial charge in [0, 0.05) is 19.5 Å². The van der Waals surface area contributed by atoms with Gasteiger partial charge >= 0.3 is 0 Å². The first-order chi connectivity index (χ1) is 8.52. The lowest BCUT2D eigenvalue weighted by molar-refractivity contribution is 0.0401. The van der Waals surface area contributed by atoms with Gasteiger partial charge in [-0.05, 0) is 26.2 Å². The van der Waals surface area contributed by atoms with Crippen molar-refractivity contribution < 1.29 is 4.74 Å². The van der Waals surface area contributed by atoms with E-state index in [9.17, 15) is 0 Å². The first-order valence-electron chi connectivity index (χ1n) is 6.64. The van der Waals surface area contributed by atoms with Gasteiger partial charge in [-0.15, -0.1) is 0 Å². The maximum Gasteiger partial charge on any atom is 0.0850 e. The van der Waals surface area contributed by atoms with E-state index in [0.717, 1.165) is 42.1 Å². The number of halogens is 1. The summed E-state index contributed by atoms with van der Waals surface area (Å²) in [6.45, 7) is 4.15. The van der Waals surface area contributed by atoms with Gasteiger partial charge in [-0.2, -0.15) is 5.10 Å². The number of hydrogen-bond donors (Lipinski definition) is 1. The average molecular weight is 272 g/mol. The van der Waals surface area contributed by atoms with Crippen molar-refractivity contribution in [1.29, 1.82) is 0 Å². The van der Waals surface area contributed by atoms with Gasteiger partial charge in [0.05, 0.1) is 28.6 Å². The fourth-order valence-electron chi connectivity index (χ4n) is 2.54. The summed E-state index contributed by atoms with van der Waals surface area (Å²) >= 11 is 6.33. The maximum atomic E-state index is 6.33. The second-order valence-corrected chi connectivity index (χ2v) is 5.49. The van der Waals surface area contributed by atoms with E-state index < -0.39 is 0 Å². The summed E-state index contributed by atoms with van der Waals surface area (Å²) in [6.07, 6.45) is 4.18. The molecule has 0 amide bonds. The molecule has 0 saturated carbocycles. The minimum atomic E-state index is -0.00689. The van der Waals surface area contributed by atoms with Crippen molar-refractivity contribution in [2.24, 2.45) is 12.8 Å². The molecular weight excluding hydrogens is 250 g/mol. The van der Waals surface area contributed by atoms with Crippen LogP contribution >= 0.6 is 11.6 Å². The van der Waals surface area contributed by atoms with Gasteiger partial charge in [-0.3, -0.25) is 4.68 Å². The van der Waals surface area contributed by atoms with Gasteiger partial charge in [0.1, 0.15) is 0 Å². The zero-order valence-electron chi connectivity index (χ0n) is 11.3. The van der Waals surface area contributed by atoms with E-state index in [2.05, 4.69) is 18.9 Å². The highest BCUT2D eigenvalue weighted by Crippen LogP contribution is 2.26. The van der Waals surface area contributed by atoms with Gasteiger partial charge in [0.15, 0.2) is 0 Å². The number of rotatable bonds is 4. The summed E-state index contributed by atoms with van der Waals surface area (Å²) in [4.78, 5) is 0. The van der Waals surface area contributed by atoms with E-state index >= 15 is 0 Å². The second kappa shape index (κ2) is 5.59. The van der Waals surface area contributed by atoms with E-state index in [1.54, 1.807) is 0 Å².